The molecule has 138 valence electrons. The van der Waals surface area contributed by atoms with E-state index in [2.05, 4.69) is 21.0 Å². The van der Waals surface area contributed by atoms with Gasteiger partial charge in [0.25, 0.3) is 5.91 Å². The Labute approximate surface area is 152 Å². The SMILES string of the molecule is CN(C(=O)c1c(Br)c(C(F)(F)F)nn1C)C12CC3CC(CC(C3)C1)C2. The van der Waals surface area contributed by atoms with Crippen molar-refractivity contribution in [2.75, 3.05) is 7.05 Å². The Morgan fingerprint density at radius 2 is 1.68 bits per heavy atom. The highest BCUT2D eigenvalue weighted by molar-refractivity contribution is 9.10. The molecule has 4 aliphatic rings. The molecule has 1 aromatic rings. The number of aryl methyl sites for hydroxylation is 1. The van der Waals surface area contributed by atoms with Crippen molar-refractivity contribution in [1.82, 2.24) is 14.7 Å². The van der Waals surface area contributed by atoms with E-state index >= 15 is 0 Å². The van der Waals surface area contributed by atoms with Crippen LogP contribution in [0.1, 0.15) is 54.7 Å². The minimum atomic E-state index is -4.59. The average molecular weight is 420 g/mol. The molecule has 0 N–H and O–H groups in total. The monoisotopic (exact) mass is 419 g/mol. The molecule has 0 spiro atoms. The number of alkyl halides is 3. The normalized spacial score (nSPS) is 33.8. The van der Waals surface area contributed by atoms with E-state index in [1.54, 1.807) is 11.9 Å². The van der Waals surface area contributed by atoms with Crippen molar-refractivity contribution in [2.45, 2.75) is 50.2 Å². The highest BCUT2D eigenvalue weighted by atomic mass is 79.9. The molecule has 25 heavy (non-hydrogen) atoms. The number of rotatable bonds is 2. The van der Waals surface area contributed by atoms with Crippen molar-refractivity contribution < 1.29 is 18.0 Å². The molecule has 8 heteroatoms. The molecular formula is C17H21BrF3N3O. The zero-order valence-corrected chi connectivity index (χ0v) is 15.8. The largest absolute Gasteiger partial charge is 0.436 e. The van der Waals surface area contributed by atoms with Crippen molar-refractivity contribution in [3.8, 4) is 0 Å². The van der Waals surface area contributed by atoms with Crippen LogP contribution in [0.15, 0.2) is 4.47 Å². The lowest BCUT2D eigenvalue weighted by atomic mass is 9.52. The summed E-state index contributed by atoms with van der Waals surface area (Å²) in [5.41, 5.74) is -1.27. The van der Waals surface area contributed by atoms with Crippen LogP contribution in [-0.4, -0.2) is 33.2 Å². The molecule has 0 saturated heterocycles. The lowest BCUT2D eigenvalue weighted by Crippen LogP contribution is -2.60. The summed E-state index contributed by atoms with van der Waals surface area (Å²) in [4.78, 5) is 14.8. The van der Waals surface area contributed by atoms with Crippen LogP contribution in [0.2, 0.25) is 0 Å². The van der Waals surface area contributed by atoms with E-state index in [0.717, 1.165) is 23.9 Å². The molecule has 4 nitrogen and oxygen atoms in total. The predicted molar refractivity (Wildman–Crippen MR) is 88.9 cm³/mol. The number of hydrogen-bond donors (Lipinski definition) is 0. The van der Waals surface area contributed by atoms with E-state index in [9.17, 15) is 18.0 Å². The quantitative estimate of drug-likeness (QED) is 0.718. The Balaban J connectivity index is 1.67. The zero-order chi connectivity index (χ0) is 18.1. The van der Waals surface area contributed by atoms with Crippen LogP contribution in [0.25, 0.3) is 0 Å². The Bertz CT molecular complexity index is 692. The summed E-state index contributed by atoms with van der Waals surface area (Å²) in [6.07, 6.45) is 2.07. The number of carbonyl (C=O) groups excluding carboxylic acids is 1. The molecule has 0 aliphatic heterocycles. The van der Waals surface area contributed by atoms with Crippen LogP contribution < -0.4 is 0 Å². The van der Waals surface area contributed by atoms with E-state index in [0.29, 0.717) is 17.8 Å². The molecule has 1 heterocycles. The van der Waals surface area contributed by atoms with Gasteiger partial charge in [0.1, 0.15) is 5.69 Å². The van der Waals surface area contributed by atoms with Gasteiger partial charge in [0.2, 0.25) is 0 Å². The Hall–Kier alpha value is -1.05. The number of carbonyl (C=O) groups is 1. The van der Waals surface area contributed by atoms with Crippen LogP contribution in [0, 0.1) is 17.8 Å². The third-order valence-electron chi connectivity index (χ3n) is 6.48. The van der Waals surface area contributed by atoms with E-state index in [4.69, 9.17) is 0 Å². The van der Waals surface area contributed by atoms with E-state index < -0.39 is 11.9 Å². The van der Waals surface area contributed by atoms with Gasteiger partial charge in [0, 0.05) is 19.6 Å². The van der Waals surface area contributed by atoms with Gasteiger partial charge in [-0.25, -0.2) is 0 Å². The minimum Gasteiger partial charge on any atom is -0.335 e. The van der Waals surface area contributed by atoms with Gasteiger partial charge in [0.05, 0.1) is 4.47 Å². The summed E-state index contributed by atoms with van der Waals surface area (Å²) in [7, 11) is 3.14. The molecular weight excluding hydrogens is 399 g/mol. The fraction of sp³-hybridized carbons (Fsp3) is 0.765. The van der Waals surface area contributed by atoms with Crippen molar-refractivity contribution in [1.29, 1.82) is 0 Å². The number of hydrogen-bond acceptors (Lipinski definition) is 2. The highest BCUT2D eigenvalue weighted by Gasteiger charge is 2.54. The molecule has 4 aliphatic carbocycles. The maximum atomic E-state index is 13.1. The molecule has 4 saturated carbocycles. The van der Waals surface area contributed by atoms with Crippen LogP contribution in [0.3, 0.4) is 0 Å². The first-order valence-corrected chi connectivity index (χ1v) is 9.48. The molecule has 4 bridgehead atoms. The van der Waals surface area contributed by atoms with Gasteiger partial charge in [-0.15, -0.1) is 0 Å². The van der Waals surface area contributed by atoms with Gasteiger partial charge in [0.15, 0.2) is 5.69 Å². The van der Waals surface area contributed by atoms with Gasteiger partial charge in [-0.3, -0.25) is 9.48 Å². The first-order valence-electron chi connectivity index (χ1n) is 8.68. The summed E-state index contributed by atoms with van der Waals surface area (Å²) in [6.45, 7) is 0. The molecule has 0 atom stereocenters. The molecule has 1 aromatic heterocycles. The van der Waals surface area contributed by atoms with Crippen LogP contribution in [0.5, 0.6) is 0 Å². The summed E-state index contributed by atoms with van der Waals surface area (Å²) < 4.78 is 40.1. The van der Waals surface area contributed by atoms with E-state index in [1.165, 1.54) is 26.3 Å². The smallest absolute Gasteiger partial charge is 0.335 e. The lowest BCUT2D eigenvalue weighted by Gasteiger charge is -2.59. The third-order valence-corrected chi connectivity index (χ3v) is 7.23. The summed E-state index contributed by atoms with van der Waals surface area (Å²) in [5.74, 6) is 1.59. The molecule has 0 aromatic carbocycles. The summed E-state index contributed by atoms with van der Waals surface area (Å²) >= 11 is 2.97. The van der Waals surface area contributed by atoms with Gasteiger partial charge in [-0.2, -0.15) is 18.3 Å². The zero-order valence-electron chi connectivity index (χ0n) is 14.2. The van der Waals surface area contributed by atoms with Crippen molar-refractivity contribution >= 4 is 21.8 Å². The second kappa shape index (κ2) is 5.47. The maximum Gasteiger partial charge on any atom is 0.436 e. The Morgan fingerprint density at radius 1 is 1.20 bits per heavy atom. The van der Waals surface area contributed by atoms with Gasteiger partial charge >= 0.3 is 6.18 Å². The van der Waals surface area contributed by atoms with Crippen molar-refractivity contribution in [3.05, 3.63) is 15.9 Å². The second-order valence-electron chi connectivity index (χ2n) is 8.14. The van der Waals surface area contributed by atoms with Gasteiger partial charge < -0.3 is 4.90 Å². The maximum absolute atomic E-state index is 13.1. The standard InChI is InChI=1S/C17H21BrF3N3O/c1-23(16-6-9-3-10(7-16)5-11(4-9)8-16)15(25)13-12(18)14(17(19,20)21)22-24(13)2/h9-11H,3-8H2,1-2H3. The number of nitrogens with zero attached hydrogens (tertiary/aromatic N) is 3. The number of aromatic nitrogens is 2. The highest BCUT2D eigenvalue weighted by Crippen LogP contribution is 2.57. The van der Waals surface area contributed by atoms with Gasteiger partial charge in [-0.05, 0) is 72.2 Å². The second-order valence-corrected chi connectivity index (χ2v) is 8.93. The van der Waals surface area contributed by atoms with Crippen molar-refractivity contribution in [2.24, 2.45) is 24.8 Å². The minimum absolute atomic E-state index is 0.0226. The lowest BCUT2D eigenvalue weighted by molar-refractivity contribution is -0.142. The molecule has 0 radical (unpaired) electrons. The summed E-state index contributed by atoms with van der Waals surface area (Å²) in [5, 5.41) is 3.53. The first-order chi connectivity index (χ1) is 11.6. The van der Waals surface area contributed by atoms with E-state index in [-0.39, 0.29) is 21.6 Å². The van der Waals surface area contributed by atoms with Crippen LogP contribution >= 0.6 is 15.9 Å². The molecule has 4 fully saturated rings. The molecule has 1 amide bonds. The predicted octanol–water partition coefficient (Wildman–Crippen LogP) is 4.24. The number of halogens is 4. The van der Waals surface area contributed by atoms with Gasteiger partial charge in [-0.1, -0.05) is 0 Å². The third kappa shape index (κ3) is 2.62. The fourth-order valence-electron chi connectivity index (χ4n) is 5.76. The van der Waals surface area contributed by atoms with Crippen molar-refractivity contribution in [3.63, 3.8) is 0 Å². The molecule has 0 unspecified atom stereocenters. The Kier molecular flexibility index (Phi) is 3.80. The average Bonchev–Trinajstić information content (AvgIpc) is 2.79. The molecule has 5 rings (SSSR count). The van der Waals surface area contributed by atoms with E-state index in [1.807, 2.05) is 0 Å². The fourth-order valence-corrected chi connectivity index (χ4v) is 6.49. The first kappa shape index (κ1) is 17.4. The van der Waals surface area contributed by atoms with Crippen LogP contribution in [0.4, 0.5) is 13.2 Å². The number of amides is 1. The topological polar surface area (TPSA) is 38.1 Å². The Morgan fingerprint density at radius 3 is 2.08 bits per heavy atom. The van der Waals surface area contributed by atoms with Crippen LogP contribution in [-0.2, 0) is 13.2 Å². The summed E-state index contributed by atoms with van der Waals surface area (Å²) in [6, 6.07) is 0.